The number of amides is 1. The Kier molecular flexibility index (Phi) is 5.62. The van der Waals surface area contributed by atoms with E-state index in [2.05, 4.69) is 16.4 Å². The monoisotopic (exact) mass is 384 g/mol. The molecule has 140 valence electrons. The van der Waals surface area contributed by atoms with Crippen LogP contribution in [0.1, 0.15) is 52.9 Å². The van der Waals surface area contributed by atoms with Crippen LogP contribution in [0.25, 0.3) is 0 Å². The number of ketones is 2. The number of aryl methyl sites for hydroxylation is 1. The van der Waals surface area contributed by atoms with Crippen molar-refractivity contribution in [3.63, 3.8) is 0 Å². The number of rotatable bonds is 5. The first-order valence-electron chi connectivity index (χ1n) is 8.27. The SMILES string of the molecule is CC(=O)c1c(C)[nH]c(C(=O)CSC2=C(C#N)C(C)(C)[C@H](C#N)C(=O)N2)c1C. The minimum Gasteiger partial charge on any atom is -0.355 e. The van der Waals surface area contributed by atoms with Crippen molar-refractivity contribution in [3.8, 4) is 12.1 Å². The second-order valence-corrected chi connectivity index (χ2v) is 7.97. The zero-order valence-electron chi connectivity index (χ0n) is 15.8. The van der Waals surface area contributed by atoms with Crippen LogP contribution in [-0.2, 0) is 4.79 Å². The summed E-state index contributed by atoms with van der Waals surface area (Å²) in [5.74, 6) is -1.84. The standard InChI is InChI=1S/C19H20N4O3S/c1-9-15(11(3)24)10(2)22-16(9)14(25)8-27-18-13(7-21)19(4,5)12(6-20)17(26)23-18/h12,22H,8H2,1-5H3,(H,23,26)/t12-/m1/s1. The Morgan fingerprint density at radius 2 is 1.89 bits per heavy atom. The summed E-state index contributed by atoms with van der Waals surface area (Å²) in [6, 6.07) is 4.00. The van der Waals surface area contributed by atoms with Crippen molar-refractivity contribution in [1.82, 2.24) is 10.3 Å². The second-order valence-electron chi connectivity index (χ2n) is 6.98. The first kappa shape index (κ1) is 20.5. The van der Waals surface area contributed by atoms with Gasteiger partial charge >= 0.3 is 0 Å². The van der Waals surface area contributed by atoms with Crippen LogP contribution in [0.4, 0.5) is 0 Å². The van der Waals surface area contributed by atoms with Gasteiger partial charge < -0.3 is 10.3 Å². The highest BCUT2D eigenvalue weighted by Crippen LogP contribution is 2.41. The van der Waals surface area contributed by atoms with E-state index in [-0.39, 0.29) is 22.9 Å². The van der Waals surface area contributed by atoms with Gasteiger partial charge in [-0.2, -0.15) is 10.5 Å². The van der Waals surface area contributed by atoms with E-state index in [1.807, 2.05) is 6.07 Å². The average Bonchev–Trinajstić information content (AvgIpc) is 2.86. The van der Waals surface area contributed by atoms with Gasteiger partial charge in [0.25, 0.3) is 0 Å². The molecule has 0 radical (unpaired) electrons. The summed E-state index contributed by atoms with van der Waals surface area (Å²) in [6.45, 7) is 8.22. The number of aromatic amines is 1. The largest absolute Gasteiger partial charge is 0.355 e. The van der Waals surface area contributed by atoms with Crippen molar-refractivity contribution in [2.45, 2.75) is 34.6 Å². The normalized spacial score (nSPS) is 18.5. The number of thioether (sulfide) groups is 1. The zero-order chi connectivity index (χ0) is 20.5. The predicted octanol–water partition coefficient (Wildman–Crippen LogP) is 2.78. The van der Waals surface area contributed by atoms with Gasteiger partial charge in [-0.3, -0.25) is 14.4 Å². The number of nitrogens with one attached hydrogen (secondary N) is 2. The third-order valence-corrected chi connectivity index (χ3v) is 5.75. The number of hydrogen-bond donors (Lipinski definition) is 2. The van der Waals surface area contributed by atoms with E-state index in [0.717, 1.165) is 11.8 Å². The van der Waals surface area contributed by atoms with Crippen LogP contribution in [0.5, 0.6) is 0 Å². The number of carbonyl (C=O) groups excluding carboxylic acids is 3. The molecule has 1 aliphatic heterocycles. The van der Waals surface area contributed by atoms with E-state index >= 15 is 0 Å². The fourth-order valence-electron chi connectivity index (χ4n) is 3.30. The fraction of sp³-hybridized carbons (Fsp3) is 0.421. The lowest BCUT2D eigenvalue weighted by Crippen LogP contribution is -2.44. The Balaban J connectivity index is 2.30. The lowest BCUT2D eigenvalue weighted by Gasteiger charge is -2.34. The number of nitriles is 2. The summed E-state index contributed by atoms with van der Waals surface area (Å²) >= 11 is 1.05. The maximum atomic E-state index is 12.6. The number of nitrogens with zero attached hydrogens (tertiary/aromatic N) is 2. The lowest BCUT2D eigenvalue weighted by molar-refractivity contribution is -0.125. The van der Waals surface area contributed by atoms with Crippen LogP contribution in [0.3, 0.4) is 0 Å². The Labute approximate surface area is 161 Å². The summed E-state index contributed by atoms with van der Waals surface area (Å²) in [4.78, 5) is 39.5. The van der Waals surface area contributed by atoms with Crippen molar-refractivity contribution < 1.29 is 14.4 Å². The van der Waals surface area contributed by atoms with Crippen molar-refractivity contribution >= 4 is 29.2 Å². The topological polar surface area (TPSA) is 127 Å². The molecule has 8 heteroatoms. The third-order valence-electron chi connectivity index (χ3n) is 4.75. The van der Waals surface area contributed by atoms with Crippen molar-refractivity contribution in [1.29, 1.82) is 10.5 Å². The highest BCUT2D eigenvalue weighted by atomic mass is 32.2. The number of H-pyrrole nitrogens is 1. The van der Waals surface area contributed by atoms with Crippen LogP contribution in [-0.4, -0.2) is 28.2 Å². The van der Waals surface area contributed by atoms with Gasteiger partial charge in [-0.15, -0.1) is 0 Å². The van der Waals surface area contributed by atoms with E-state index in [4.69, 9.17) is 0 Å². The second kappa shape index (κ2) is 7.42. The average molecular weight is 384 g/mol. The van der Waals surface area contributed by atoms with Gasteiger partial charge in [0.05, 0.1) is 34.2 Å². The van der Waals surface area contributed by atoms with Gasteiger partial charge in [-0.1, -0.05) is 25.6 Å². The molecule has 27 heavy (non-hydrogen) atoms. The van der Waals surface area contributed by atoms with Gasteiger partial charge in [0, 0.05) is 16.7 Å². The van der Waals surface area contributed by atoms with E-state index in [1.165, 1.54) is 6.92 Å². The number of carbonyl (C=O) groups is 3. The Bertz CT molecular complexity index is 957. The van der Waals surface area contributed by atoms with E-state index in [0.29, 0.717) is 27.5 Å². The molecule has 2 heterocycles. The molecule has 0 bridgehead atoms. The van der Waals surface area contributed by atoms with E-state index in [9.17, 15) is 24.9 Å². The Hall–Kier alpha value is -2.84. The molecule has 2 N–H and O–H groups in total. The third kappa shape index (κ3) is 3.54. The Morgan fingerprint density at radius 1 is 1.26 bits per heavy atom. The molecule has 1 aromatic rings. The number of aromatic nitrogens is 1. The minimum absolute atomic E-state index is 0.0216. The highest BCUT2D eigenvalue weighted by molar-refractivity contribution is 8.03. The smallest absolute Gasteiger partial charge is 0.243 e. The Morgan fingerprint density at radius 3 is 2.37 bits per heavy atom. The summed E-state index contributed by atoms with van der Waals surface area (Å²) < 4.78 is 0. The summed E-state index contributed by atoms with van der Waals surface area (Å²) in [5.41, 5.74) is 1.41. The zero-order valence-corrected chi connectivity index (χ0v) is 16.6. The minimum atomic E-state index is -0.973. The molecule has 0 spiro atoms. The van der Waals surface area contributed by atoms with Crippen LogP contribution < -0.4 is 5.32 Å². The van der Waals surface area contributed by atoms with Crippen molar-refractivity contribution in [2.24, 2.45) is 11.3 Å². The molecule has 1 aliphatic rings. The molecule has 0 aromatic carbocycles. The molecule has 1 aromatic heterocycles. The fourth-order valence-corrected chi connectivity index (χ4v) is 4.35. The maximum Gasteiger partial charge on any atom is 0.243 e. The molecule has 0 unspecified atom stereocenters. The first-order valence-corrected chi connectivity index (χ1v) is 9.26. The van der Waals surface area contributed by atoms with Gasteiger partial charge in [0.1, 0.15) is 5.92 Å². The maximum absolute atomic E-state index is 12.6. The molecule has 0 aliphatic carbocycles. The van der Waals surface area contributed by atoms with Crippen LogP contribution >= 0.6 is 11.8 Å². The quantitative estimate of drug-likeness (QED) is 0.752. The molecule has 1 atom stereocenters. The van der Waals surface area contributed by atoms with E-state index < -0.39 is 17.2 Å². The molecular weight excluding hydrogens is 364 g/mol. The summed E-state index contributed by atoms with van der Waals surface area (Å²) in [7, 11) is 0. The number of allylic oxidation sites excluding steroid dienone is 1. The molecule has 0 fully saturated rings. The van der Waals surface area contributed by atoms with Gasteiger partial charge in [0.2, 0.25) is 5.91 Å². The molecule has 0 saturated heterocycles. The summed E-state index contributed by atoms with van der Waals surface area (Å²) in [6.07, 6.45) is 0. The number of hydrogen-bond acceptors (Lipinski definition) is 6. The number of Topliss-reactive ketones (excluding diaryl/α,β-unsaturated/α-hetero) is 2. The molecule has 2 rings (SSSR count). The van der Waals surface area contributed by atoms with Crippen molar-refractivity contribution in [2.75, 3.05) is 5.75 Å². The van der Waals surface area contributed by atoms with Crippen LogP contribution in [0.15, 0.2) is 10.6 Å². The summed E-state index contributed by atoms with van der Waals surface area (Å²) in [5, 5.41) is 21.6. The molecule has 0 saturated carbocycles. The van der Waals surface area contributed by atoms with Crippen molar-refractivity contribution in [3.05, 3.63) is 33.1 Å². The molecule has 1 amide bonds. The van der Waals surface area contributed by atoms with Gasteiger partial charge in [-0.25, -0.2) is 0 Å². The van der Waals surface area contributed by atoms with Crippen LogP contribution in [0, 0.1) is 47.8 Å². The van der Waals surface area contributed by atoms with Gasteiger partial charge in [0.15, 0.2) is 11.6 Å². The first-order chi connectivity index (χ1) is 12.6. The lowest BCUT2D eigenvalue weighted by atomic mass is 9.72. The highest BCUT2D eigenvalue weighted by Gasteiger charge is 2.44. The molecular formula is C19H20N4O3S. The predicted molar refractivity (Wildman–Crippen MR) is 101 cm³/mol. The molecule has 7 nitrogen and oxygen atoms in total. The van der Waals surface area contributed by atoms with E-state index in [1.54, 1.807) is 27.7 Å². The van der Waals surface area contributed by atoms with Crippen LogP contribution in [0.2, 0.25) is 0 Å². The van der Waals surface area contributed by atoms with Gasteiger partial charge in [-0.05, 0) is 26.3 Å².